The maximum Gasteiger partial charge on any atom is 0.257 e. The van der Waals surface area contributed by atoms with E-state index in [0.717, 1.165) is 19.6 Å². The number of nitrogens with one attached hydrogen (secondary N) is 1. The van der Waals surface area contributed by atoms with Crippen LogP contribution in [0.2, 0.25) is 0 Å². The fraction of sp³-hybridized carbons (Fsp3) is 0.273. The summed E-state index contributed by atoms with van der Waals surface area (Å²) in [6.45, 7) is 3.11. The van der Waals surface area contributed by atoms with Crippen LogP contribution >= 0.6 is 0 Å². The van der Waals surface area contributed by atoms with Crippen LogP contribution in [-0.4, -0.2) is 39.6 Å². The predicted molar refractivity (Wildman–Crippen MR) is 107 cm³/mol. The lowest BCUT2D eigenvalue weighted by Crippen LogP contribution is -2.49. The summed E-state index contributed by atoms with van der Waals surface area (Å²) in [5, 5.41) is 3.03. The smallest absolute Gasteiger partial charge is 0.257 e. The lowest BCUT2D eigenvalue weighted by molar-refractivity contribution is -0.123. The Labute approximate surface area is 164 Å². The molecule has 28 heavy (non-hydrogen) atoms. The number of amides is 1. The first-order valence-electron chi connectivity index (χ1n) is 9.49. The van der Waals surface area contributed by atoms with Crippen molar-refractivity contribution in [1.29, 1.82) is 0 Å². The second kappa shape index (κ2) is 8.71. The molecule has 0 spiro atoms. The Hall–Kier alpha value is -3.12. The normalized spacial score (nSPS) is 16.4. The van der Waals surface area contributed by atoms with Crippen molar-refractivity contribution in [2.75, 3.05) is 13.2 Å². The van der Waals surface area contributed by atoms with Gasteiger partial charge in [0.15, 0.2) is 6.61 Å². The highest BCUT2D eigenvalue weighted by atomic mass is 16.5. The van der Waals surface area contributed by atoms with Crippen LogP contribution in [0.4, 0.5) is 0 Å². The molecule has 3 aromatic rings. The topological polar surface area (TPSA) is 59.4 Å². The van der Waals surface area contributed by atoms with Crippen molar-refractivity contribution in [2.45, 2.75) is 25.7 Å². The fourth-order valence-corrected chi connectivity index (χ4v) is 3.50. The van der Waals surface area contributed by atoms with Crippen LogP contribution in [0.25, 0.3) is 0 Å². The molecule has 0 fully saturated rings. The summed E-state index contributed by atoms with van der Waals surface area (Å²) < 4.78 is 7.80. The van der Waals surface area contributed by atoms with Crippen molar-refractivity contribution < 1.29 is 9.53 Å². The van der Waals surface area contributed by atoms with E-state index in [2.05, 4.69) is 44.2 Å². The van der Waals surface area contributed by atoms with Crippen molar-refractivity contribution in [1.82, 2.24) is 19.8 Å². The quantitative estimate of drug-likeness (QED) is 0.688. The van der Waals surface area contributed by atoms with Crippen molar-refractivity contribution in [2.24, 2.45) is 0 Å². The number of pyridine rings is 1. The van der Waals surface area contributed by atoms with Gasteiger partial charge < -0.3 is 14.6 Å². The van der Waals surface area contributed by atoms with E-state index < -0.39 is 0 Å². The fourth-order valence-electron chi connectivity index (χ4n) is 3.50. The number of rotatable bonds is 7. The predicted octanol–water partition coefficient (Wildman–Crippen LogP) is 2.46. The number of carbonyl (C=O) groups is 1. The molecule has 6 heteroatoms. The Morgan fingerprint density at radius 3 is 2.86 bits per heavy atom. The number of fused-ring (bicyclic) bond motifs is 1. The lowest BCUT2D eigenvalue weighted by Gasteiger charge is -2.37. The third-order valence-corrected chi connectivity index (χ3v) is 4.97. The molecular weight excluding hydrogens is 352 g/mol. The van der Waals surface area contributed by atoms with E-state index in [0.29, 0.717) is 12.3 Å². The number of ether oxygens (including phenoxy) is 1. The number of carbonyl (C=O) groups excluding carboxylic acids is 1. The molecule has 0 radical (unpaired) electrons. The Morgan fingerprint density at radius 2 is 2.04 bits per heavy atom. The molecule has 1 aliphatic heterocycles. The van der Waals surface area contributed by atoms with Crippen LogP contribution in [0, 0.1) is 0 Å². The number of aromatic nitrogens is 2. The molecule has 1 aromatic carbocycles. The Balaban J connectivity index is 1.35. The average Bonchev–Trinajstić information content (AvgIpc) is 3.19. The number of hydrogen-bond donors (Lipinski definition) is 1. The minimum Gasteiger partial charge on any atom is -0.484 e. The molecule has 1 amide bonds. The SMILES string of the molecule is O=C(COc1ccccc1)NCC1Cn2cccc2CN1Cc1cccnc1. The third kappa shape index (κ3) is 4.58. The van der Waals surface area contributed by atoms with E-state index in [1.165, 1.54) is 11.3 Å². The third-order valence-electron chi connectivity index (χ3n) is 4.97. The first-order chi connectivity index (χ1) is 13.8. The summed E-state index contributed by atoms with van der Waals surface area (Å²) in [5.74, 6) is 0.592. The van der Waals surface area contributed by atoms with Crippen LogP contribution in [0.15, 0.2) is 73.2 Å². The standard InChI is InChI=1S/C22H24N4O2/c27-22(17-28-21-8-2-1-3-9-21)24-13-20-16-25-11-5-7-19(25)15-26(20)14-18-6-4-10-23-12-18/h1-12,20H,13-17H2,(H,24,27). The highest BCUT2D eigenvalue weighted by molar-refractivity contribution is 5.77. The first-order valence-corrected chi connectivity index (χ1v) is 9.49. The molecule has 6 nitrogen and oxygen atoms in total. The summed E-state index contributed by atoms with van der Waals surface area (Å²) in [4.78, 5) is 18.9. The molecule has 0 saturated carbocycles. The Kier molecular flexibility index (Phi) is 5.68. The van der Waals surface area contributed by atoms with Crippen LogP contribution in [0.3, 0.4) is 0 Å². The zero-order valence-electron chi connectivity index (χ0n) is 15.7. The van der Waals surface area contributed by atoms with Gasteiger partial charge in [-0.05, 0) is 35.9 Å². The van der Waals surface area contributed by atoms with Gasteiger partial charge in [-0.2, -0.15) is 0 Å². The van der Waals surface area contributed by atoms with Crippen LogP contribution in [0.1, 0.15) is 11.3 Å². The molecule has 1 aliphatic rings. The highest BCUT2D eigenvalue weighted by Gasteiger charge is 2.26. The van der Waals surface area contributed by atoms with Crippen molar-refractivity contribution in [3.8, 4) is 5.75 Å². The molecule has 1 atom stereocenters. The molecule has 0 bridgehead atoms. The number of benzene rings is 1. The molecule has 144 valence electrons. The summed E-state index contributed by atoms with van der Waals surface area (Å²) in [5.41, 5.74) is 2.46. The van der Waals surface area contributed by atoms with Gasteiger partial charge in [0.2, 0.25) is 0 Å². The van der Waals surface area contributed by atoms with Gasteiger partial charge in [-0.3, -0.25) is 14.7 Å². The van der Waals surface area contributed by atoms with Gasteiger partial charge in [0.05, 0.1) is 0 Å². The van der Waals surface area contributed by atoms with Crippen LogP contribution < -0.4 is 10.1 Å². The van der Waals surface area contributed by atoms with Gasteiger partial charge in [0, 0.05) is 56.5 Å². The van der Waals surface area contributed by atoms with Crippen LogP contribution in [-0.2, 0) is 24.4 Å². The summed E-state index contributed by atoms with van der Waals surface area (Å²) >= 11 is 0. The monoisotopic (exact) mass is 376 g/mol. The van der Waals surface area contributed by atoms with Crippen molar-refractivity contribution in [3.05, 3.63) is 84.4 Å². The average molecular weight is 376 g/mol. The molecular formula is C22H24N4O2. The van der Waals surface area contributed by atoms with Gasteiger partial charge >= 0.3 is 0 Å². The van der Waals surface area contributed by atoms with Crippen LogP contribution in [0.5, 0.6) is 5.75 Å². The van der Waals surface area contributed by atoms with E-state index in [4.69, 9.17) is 4.74 Å². The molecule has 3 heterocycles. The Morgan fingerprint density at radius 1 is 1.14 bits per heavy atom. The van der Waals surface area contributed by atoms with Crippen molar-refractivity contribution in [3.63, 3.8) is 0 Å². The maximum atomic E-state index is 12.2. The summed E-state index contributed by atoms with van der Waals surface area (Å²) in [6, 6.07) is 17.9. The number of nitrogens with zero attached hydrogens (tertiary/aromatic N) is 3. The first kappa shape index (κ1) is 18.3. The second-order valence-electron chi connectivity index (χ2n) is 6.98. The summed E-state index contributed by atoms with van der Waals surface area (Å²) in [6.07, 6.45) is 5.79. The highest BCUT2D eigenvalue weighted by Crippen LogP contribution is 2.20. The van der Waals surface area contributed by atoms with E-state index in [-0.39, 0.29) is 18.6 Å². The van der Waals surface area contributed by atoms with Gasteiger partial charge in [-0.1, -0.05) is 24.3 Å². The zero-order chi connectivity index (χ0) is 19.2. The lowest BCUT2D eigenvalue weighted by atomic mass is 10.1. The molecule has 2 aromatic heterocycles. The van der Waals surface area contributed by atoms with E-state index in [1.807, 2.05) is 42.6 Å². The number of para-hydroxylation sites is 1. The minimum absolute atomic E-state index is 0.0219. The molecule has 1 N–H and O–H groups in total. The van der Waals surface area contributed by atoms with E-state index in [1.54, 1.807) is 6.20 Å². The van der Waals surface area contributed by atoms with E-state index in [9.17, 15) is 4.79 Å². The second-order valence-corrected chi connectivity index (χ2v) is 6.98. The van der Waals surface area contributed by atoms with E-state index >= 15 is 0 Å². The minimum atomic E-state index is -0.108. The zero-order valence-corrected chi connectivity index (χ0v) is 15.7. The molecule has 1 unspecified atom stereocenters. The molecule has 4 rings (SSSR count). The van der Waals surface area contributed by atoms with Gasteiger partial charge in [0.25, 0.3) is 5.91 Å². The Bertz CT molecular complexity index is 895. The summed E-state index contributed by atoms with van der Waals surface area (Å²) in [7, 11) is 0. The molecule has 0 aliphatic carbocycles. The van der Waals surface area contributed by atoms with Gasteiger partial charge in [-0.15, -0.1) is 0 Å². The largest absolute Gasteiger partial charge is 0.484 e. The maximum absolute atomic E-state index is 12.2. The number of hydrogen-bond acceptors (Lipinski definition) is 4. The van der Waals surface area contributed by atoms with Crippen molar-refractivity contribution >= 4 is 5.91 Å². The van der Waals surface area contributed by atoms with Gasteiger partial charge in [-0.25, -0.2) is 0 Å². The van der Waals surface area contributed by atoms with Gasteiger partial charge in [0.1, 0.15) is 5.75 Å². The molecule has 0 saturated heterocycles.